The van der Waals surface area contributed by atoms with Crippen LogP contribution in [-0.2, 0) is 6.54 Å². The van der Waals surface area contributed by atoms with Crippen LogP contribution in [0.25, 0.3) is 11.0 Å². The Bertz CT molecular complexity index is 706. The molecular weight excluding hydrogens is 265 g/mol. The minimum absolute atomic E-state index is 0.252. The van der Waals surface area contributed by atoms with E-state index in [4.69, 9.17) is 16.0 Å². The molecule has 0 unspecified atom stereocenters. The van der Waals surface area contributed by atoms with Crippen molar-refractivity contribution >= 4 is 28.3 Å². The van der Waals surface area contributed by atoms with E-state index in [2.05, 4.69) is 5.32 Å². The van der Waals surface area contributed by atoms with Gasteiger partial charge in [-0.1, -0.05) is 18.2 Å². The molecule has 0 radical (unpaired) electrons. The lowest BCUT2D eigenvalue weighted by Crippen LogP contribution is -1.99. The minimum atomic E-state index is -0.252. The summed E-state index contributed by atoms with van der Waals surface area (Å²) in [5.74, 6) is -0.252. The average Bonchev–Trinajstić information content (AvgIpc) is 2.74. The van der Waals surface area contributed by atoms with E-state index < -0.39 is 0 Å². The van der Waals surface area contributed by atoms with E-state index in [9.17, 15) is 4.39 Å². The zero-order chi connectivity index (χ0) is 13.2. The Balaban J connectivity index is 1.85. The number of para-hydroxylation sites is 1. The fourth-order valence-electron chi connectivity index (χ4n) is 1.99. The van der Waals surface area contributed by atoms with Crippen molar-refractivity contribution in [3.63, 3.8) is 0 Å². The van der Waals surface area contributed by atoms with E-state index in [0.717, 1.165) is 22.2 Å². The molecule has 0 fully saturated rings. The second-order valence-corrected chi connectivity index (χ2v) is 4.55. The Morgan fingerprint density at radius 2 is 1.79 bits per heavy atom. The molecule has 0 aliphatic heterocycles. The maximum absolute atomic E-state index is 12.8. The third kappa shape index (κ3) is 2.42. The third-order valence-electron chi connectivity index (χ3n) is 2.96. The van der Waals surface area contributed by atoms with Gasteiger partial charge in [-0.2, -0.15) is 0 Å². The molecule has 1 N–H and O–H groups in total. The first-order valence-corrected chi connectivity index (χ1v) is 6.27. The summed E-state index contributed by atoms with van der Waals surface area (Å²) >= 11 is 6.09. The summed E-state index contributed by atoms with van der Waals surface area (Å²) in [5, 5.41) is 4.57. The molecule has 1 aromatic heterocycles. The van der Waals surface area contributed by atoms with Crippen LogP contribution in [0.15, 0.2) is 52.9 Å². The number of hydrogen-bond acceptors (Lipinski definition) is 2. The zero-order valence-electron chi connectivity index (χ0n) is 9.99. The molecule has 3 aromatic rings. The van der Waals surface area contributed by atoms with Crippen molar-refractivity contribution < 1.29 is 8.81 Å². The van der Waals surface area contributed by atoms with Gasteiger partial charge in [-0.25, -0.2) is 4.39 Å². The minimum Gasteiger partial charge on any atom is -0.444 e. The molecule has 4 heteroatoms. The number of nitrogens with one attached hydrogen (secondary N) is 1. The first kappa shape index (κ1) is 12.1. The quantitative estimate of drug-likeness (QED) is 0.740. The van der Waals surface area contributed by atoms with Crippen molar-refractivity contribution in [1.82, 2.24) is 0 Å². The van der Waals surface area contributed by atoms with Crippen LogP contribution in [0, 0.1) is 5.82 Å². The van der Waals surface area contributed by atoms with E-state index in [1.54, 1.807) is 12.1 Å². The fourth-order valence-corrected chi connectivity index (χ4v) is 2.24. The first-order chi connectivity index (χ1) is 9.24. The SMILES string of the molecule is Fc1ccc(NCc2c(Cl)oc3ccccc23)cc1. The van der Waals surface area contributed by atoms with E-state index in [1.807, 2.05) is 24.3 Å². The fraction of sp³-hybridized carbons (Fsp3) is 0.0667. The number of rotatable bonds is 3. The van der Waals surface area contributed by atoms with E-state index in [1.165, 1.54) is 12.1 Å². The summed E-state index contributed by atoms with van der Waals surface area (Å²) in [6.07, 6.45) is 0. The summed E-state index contributed by atoms with van der Waals surface area (Å²) in [6, 6.07) is 13.9. The van der Waals surface area contributed by atoms with E-state index in [-0.39, 0.29) is 5.82 Å². The van der Waals surface area contributed by atoms with Crippen molar-refractivity contribution in [3.05, 3.63) is 65.1 Å². The standard InChI is InChI=1S/C15H11ClFNO/c16-15-13(12-3-1-2-4-14(12)19-15)9-18-11-7-5-10(17)6-8-11/h1-8,18H,9H2. The maximum atomic E-state index is 12.8. The number of benzene rings is 2. The predicted molar refractivity (Wildman–Crippen MR) is 75.0 cm³/mol. The topological polar surface area (TPSA) is 25.2 Å². The smallest absolute Gasteiger partial charge is 0.199 e. The average molecular weight is 276 g/mol. The molecule has 0 spiro atoms. The van der Waals surface area contributed by atoms with Gasteiger partial charge in [0.2, 0.25) is 0 Å². The van der Waals surface area contributed by atoms with Crippen LogP contribution in [0.3, 0.4) is 0 Å². The number of halogens is 2. The van der Waals surface area contributed by atoms with Crippen molar-refractivity contribution in [1.29, 1.82) is 0 Å². The largest absolute Gasteiger partial charge is 0.444 e. The molecule has 0 amide bonds. The Kier molecular flexibility index (Phi) is 3.13. The third-order valence-corrected chi connectivity index (χ3v) is 3.27. The van der Waals surface area contributed by atoms with Gasteiger partial charge in [0.05, 0.1) is 0 Å². The Hall–Kier alpha value is -2.00. The Morgan fingerprint density at radius 1 is 1.05 bits per heavy atom. The van der Waals surface area contributed by atoms with Crippen LogP contribution in [-0.4, -0.2) is 0 Å². The predicted octanol–water partition coefficient (Wildman–Crippen LogP) is 4.84. The second-order valence-electron chi connectivity index (χ2n) is 4.21. The van der Waals surface area contributed by atoms with Crippen molar-refractivity contribution in [2.75, 3.05) is 5.32 Å². The van der Waals surface area contributed by atoms with Crippen LogP contribution in [0.5, 0.6) is 0 Å². The molecule has 2 nitrogen and oxygen atoms in total. The molecule has 19 heavy (non-hydrogen) atoms. The van der Waals surface area contributed by atoms with Crippen LogP contribution in [0.2, 0.25) is 5.22 Å². The highest BCUT2D eigenvalue weighted by Crippen LogP contribution is 2.30. The van der Waals surface area contributed by atoms with Gasteiger partial charge in [-0.3, -0.25) is 0 Å². The molecule has 0 aliphatic rings. The highest BCUT2D eigenvalue weighted by atomic mass is 35.5. The molecule has 0 bridgehead atoms. The van der Waals surface area contributed by atoms with Gasteiger partial charge in [-0.15, -0.1) is 0 Å². The molecular formula is C15H11ClFNO. The molecule has 2 aromatic carbocycles. The normalized spacial score (nSPS) is 10.8. The summed E-state index contributed by atoms with van der Waals surface area (Å²) in [4.78, 5) is 0. The zero-order valence-corrected chi connectivity index (χ0v) is 10.7. The van der Waals surface area contributed by atoms with Gasteiger partial charge in [0.25, 0.3) is 0 Å². The molecule has 1 heterocycles. The lowest BCUT2D eigenvalue weighted by molar-refractivity contribution is 0.613. The maximum Gasteiger partial charge on any atom is 0.199 e. The molecule has 0 aliphatic carbocycles. The summed E-state index contributed by atoms with van der Waals surface area (Å²) < 4.78 is 18.3. The van der Waals surface area contributed by atoms with Gasteiger partial charge in [0, 0.05) is 23.2 Å². The second kappa shape index (κ2) is 4.94. The monoisotopic (exact) mass is 275 g/mol. The number of furan rings is 1. The van der Waals surface area contributed by atoms with E-state index in [0.29, 0.717) is 11.8 Å². The van der Waals surface area contributed by atoms with Crippen molar-refractivity contribution in [2.24, 2.45) is 0 Å². The summed E-state index contributed by atoms with van der Waals surface area (Å²) in [5.41, 5.74) is 2.51. The highest BCUT2D eigenvalue weighted by Gasteiger charge is 2.11. The lowest BCUT2D eigenvalue weighted by atomic mass is 10.2. The molecule has 3 rings (SSSR count). The van der Waals surface area contributed by atoms with Gasteiger partial charge in [0.1, 0.15) is 11.4 Å². The number of anilines is 1. The summed E-state index contributed by atoms with van der Waals surface area (Å²) in [6.45, 7) is 0.529. The molecule has 0 saturated heterocycles. The van der Waals surface area contributed by atoms with Gasteiger partial charge >= 0.3 is 0 Å². The number of fused-ring (bicyclic) bond motifs is 1. The molecule has 0 saturated carbocycles. The van der Waals surface area contributed by atoms with Crippen molar-refractivity contribution in [2.45, 2.75) is 6.54 Å². The van der Waals surface area contributed by atoms with Crippen LogP contribution >= 0.6 is 11.6 Å². The van der Waals surface area contributed by atoms with Crippen LogP contribution < -0.4 is 5.32 Å². The first-order valence-electron chi connectivity index (χ1n) is 5.89. The van der Waals surface area contributed by atoms with Crippen LogP contribution in [0.1, 0.15) is 5.56 Å². The summed E-state index contributed by atoms with van der Waals surface area (Å²) in [7, 11) is 0. The van der Waals surface area contributed by atoms with Gasteiger partial charge in [0.15, 0.2) is 5.22 Å². The Morgan fingerprint density at radius 3 is 2.58 bits per heavy atom. The van der Waals surface area contributed by atoms with Crippen LogP contribution in [0.4, 0.5) is 10.1 Å². The van der Waals surface area contributed by atoms with Gasteiger partial charge in [-0.05, 0) is 41.9 Å². The highest BCUT2D eigenvalue weighted by molar-refractivity contribution is 6.30. The number of hydrogen-bond donors (Lipinski definition) is 1. The van der Waals surface area contributed by atoms with Crippen molar-refractivity contribution in [3.8, 4) is 0 Å². The molecule has 0 atom stereocenters. The van der Waals surface area contributed by atoms with Gasteiger partial charge < -0.3 is 9.73 Å². The van der Waals surface area contributed by atoms with E-state index >= 15 is 0 Å². The lowest BCUT2D eigenvalue weighted by Gasteiger charge is -2.05. The molecule has 96 valence electrons. The Labute approximate surface area is 114 Å².